The van der Waals surface area contributed by atoms with E-state index in [9.17, 15) is 13.2 Å². The third-order valence-corrected chi connectivity index (χ3v) is 6.78. The second-order valence-corrected chi connectivity index (χ2v) is 9.29. The van der Waals surface area contributed by atoms with Crippen LogP contribution in [-0.2, 0) is 14.8 Å². The van der Waals surface area contributed by atoms with Crippen molar-refractivity contribution in [2.75, 3.05) is 17.5 Å². The van der Waals surface area contributed by atoms with Crippen molar-refractivity contribution in [1.82, 2.24) is 5.32 Å². The number of nitrogens with zero attached hydrogens (tertiary/aromatic N) is 1. The molecule has 0 aliphatic rings. The summed E-state index contributed by atoms with van der Waals surface area (Å²) in [5.41, 5.74) is 2.19. The minimum absolute atomic E-state index is 0.110. The van der Waals surface area contributed by atoms with Crippen LogP contribution in [0.4, 0.5) is 5.69 Å². The van der Waals surface area contributed by atoms with E-state index in [-0.39, 0.29) is 17.5 Å². The molecular formula is C25H28N2O4S. The van der Waals surface area contributed by atoms with Crippen molar-refractivity contribution in [3.05, 3.63) is 90.0 Å². The second kappa shape index (κ2) is 10.3. The molecule has 0 saturated heterocycles. The van der Waals surface area contributed by atoms with E-state index in [1.165, 1.54) is 0 Å². The van der Waals surface area contributed by atoms with Crippen molar-refractivity contribution in [3.8, 4) is 5.75 Å². The van der Waals surface area contributed by atoms with Crippen molar-refractivity contribution in [2.45, 2.75) is 31.7 Å². The zero-order chi connectivity index (χ0) is 23.1. The Bertz CT molecular complexity index is 1150. The number of carbonyl (C=O) groups is 1. The van der Waals surface area contributed by atoms with E-state index in [4.69, 9.17) is 4.74 Å². The molecule has 0 bridgehead atoms. The molecule has 0 aliphatic heterocycles. The van der Waals surface area contributed by atoms with Gasteiger partial charge in [-0.3, -0.25) is 9.10 Å². The molecule has 3 rings (SSSR count). The molecule has 0 aliphatic carbocycles. The lowest BCUT2D eigenvalue weighted by atomic mass is 10.1. The molecule has 32 heavy (non-hydrogen) atoms. The molecule has 6 nitrogen and oxygen atoms in total. The van der Waals surface area contributed by atoms with E-state index in [1.807, 2.05) is 51.1 Å². The maximum absolute atomic E-state index is 13.6. The molecule has 3 aromatic carbocycles. The summed E-state index contributed by atoms with van der Waals surface area (Å²) in [7, 11) is -4.01. The van der Waals surface area contributed by atoms with Crippen molar-refractivity contribution in [1.29, 1.82) is 0 Å². The van der Waals surface area contributed by atoms with Crippen LogP contribution >= 0.6 is 0 Å². The van der Waals surface area contributed by atoms with Crippen molar-refractivity contribution >= 4 is 21.6 Å². The fourth-order valence-corrected chi connectivity index (χ4v) is 4.75. The first kappa shape index (κ1) is 23.3. The molecule has 0 saturated carbocycles. The Morgan fingerprint density at radius 2 is 1.59 bits per heavy atom. The maximum Gasteiger partial charge on any atom is 0.264 e. The second-order valence-electron chi connectivity index (χ2n) is 7.43. The SMILES string of the molecule is CCOc1ccccc1N(CC(=O)N[C@H](C)c1ccccc1)S(=O)(=O)c1ccc(C)cc1. The Morgan fingerprint density at radius 3 is 2.25 bits per heavy atom. The van der Waals surface area contributed by atoms with Crippen LogP contribution in [0.5, 0.6) is 5.75 Å². The Kier molecular flexibility index (Phi) is 7.53. The predicted octanol–water partition coefficient (Wildman–Crippen LogP) is 4.47. The number of benzene rings is 3. The first-order valence-corrected chi connectivity index (χ1v) is 11.9. The van der Waals surface area contributed by atoms with Crippen molar-refractivity contribution < 1.29 is 17.9 Å². The van der Waals surface area contributed by atoms with E-state index in [0.717, 1.165) is 15.4 Å². The number of carbonyl (C=O) groups excluding carboxylic acids is 1. The van der Waals surface area contributed by atoms with E-state index in [2.05, 4.69) is 5.32 Å². The summed E-state index contributed by atoms with van der Waals surface area (Å²) in [6, 6.07) is 22.6. The van der Waals surface area contributed by atoms with Crippen LogP contribution in [0.2, 0.25) is 0 Å². The molecule has 1 amide bonds. The molecule has 0 fully saturated rings. The van der Waals surface area contributed by atoms with Gasteiger partial charge in [0, 0.05) is 0 Å². The highest BCUT2D eigenvalue weighted by Gasteiger charge is 2.29. The minimum Gasteiger partial charge on any atom is -0.492 e. The van der Waals surface area contributed by atoms with Crippen LogP contribution in [-0.4, -0.2) is 27.5 Å². The van der Waals surface area contributed by atoms with Gasteiger partial charge in [0.25, 0.3) is 10.0 Å². The Hall–Kier alpha value is -3.32. The molecule has 1 N–H and O–H groups in total. The third-order valence-electron chi connectivity index (χ3n) is 5.01. The molecule has 7 heteroatoms. The van der Waals surface area contributed by atoms with Gasteiger partial charge in [-0.25, -0.2) is 8.42 Å². The van der Waals surface area contributed by atoms with Gasteiger partial charge in [-0.1, -0.05) is 60.2 Å². The lowest BCUT2D eigenvalue weighted by Crippen LogP contribution is -2.41. The number of para-hydroxylation sites is 2. The Morgan fingerprint density at radius 1 is 0.969 bits per heavy atom. The fraction of sp³-hybridized carbons (Fsp3) is 0.240. The van der Waals surface area contributed by atoms with E-state index < -0.39 is 15.9 Å². The lowest BCUT2D eigenvalue weighted by Gasteiger charge is -2.26. The molecule has 1 atom stereocenters. The molecule has 0 heterocycles. The van der Waals surface area contributed by atoms with Crippen LogP contribution in [0.15, 0.2) is 83.8 Å². The van der Waals surface area contributed by atoms with Gasteiger partial charge in [0.15, 0.2) is 0 Å². The predicted molar refractivity (Wildman–Crippen MR) is 126 cm³/mol. The Balaban J connectivity index is 1.96. The summed E-state index contributed by atoms with van der Waals surface area (Å²) >= 11 is 0. The first-order valence-electron chi connectivity index (χ1n) is 10.5. The maximum atomic E-state index is 13.6. The van der Waals surface area contributed by atoms with Gasteiger partial charge in [0.2, 0.25) is 5.91 Å². The number of sulfonamides is 1. The third kappa shape index (κ3) is 5.48. The quantitative estimate of drug-likeness (QED) is 0.520. The molecule has 0 unspecified atom stereocenters. The summed E-state index contributed by atoms with van der Waals surface area (Å²) < 4.78 is 33.9. The van der Waals surface area contributed by atoms with Gasteiger partial charge in [0.1, 0.15) is 12.3 Å². The van der Waals surface area contributed by atoms with Gasteiger partial charge >= 0.3 is 0 Å². The van der Waals surface area contributed by atoms with Crippen LogP contribution in [0, 0.1) is 6.92 Å². The van der Waals surface area contributed by atoms with Crippen LogP contribution in [0.1, 0.15) is 31.0 Å². The zero-order valence-corrected chi connectivity index (χ0v) is 19.3. The van der Waals surface area contributed by atoms with Crippen LogP contribution in [0.3, 0.4) is 0 Å². The first-order chi connectivity index (χ1) is 15.3. The molecule has 3 aromatic rings. The molecule has 0 aromatic heterocycles. The van der Waals surface area contributed by atoms with E-state index in [1.54, 1.807) is 48.5 Å². The smallest absolute Gasteiger partial charge is 0.264 e. The van der Waals surface area contributed by atoms with Crippen molar-refractivity contribution in [3.63, 3.8) is 0 Å². The van der Waals surface area contributed by atoms with Crippen LogP contribution < -0.4 is 14.4 Å². The Labute approximate surface area is 189 Å². The molecule has 168 valence electrons. The van der Waals surface area contributed by atoms with E-state index >= 15 is 0 Å². The zero-order valence-electron chi connectivity index (χ0n) is 18.5. The summed E-state index contributed by atoms with van der Waals surface area (Å²) in [6.45, 7) is 5.56. The van der Waals surface area contributed by atoms with Crippen molar-refractivity contribution in [2.24, 2.45) is 0 Å². The number of hydrogen-bond donors (Lipinski definition) is 1. The normalized spacial score (nSPS) is 12.1. The highest BCUT2D eigenvalue weighted by Crippen LogP contribution is 2.32. The number of nitrogens with one attached hydrogen (secondary N) is 1. The van der Waals surface area contributed by atoms with Gasteiger partial charge < -0.3 is 10.1 Å². The highest BCUT2D eigenvalue weighted by molar-refractivity contribution is 7.92. The highest BCUT2D eigenvalue weighted by atomic mass is 32.2. The van der Waals surface area contributed by atoms with Gasteiger partial charge in [-0.05, 0) is 50.6 Å². The fourth-order valence-electron chi connectivity index (χ4n) is 3.32. The number of rotatable bonds is 9. The molecular weight excluding hydrogens is 424 g/mol. The number of hydrogen-bond acceptors (Lipinski definition) is 4. The van der Waals surface area contributed by atoms with Gasteiger partial charge in [0.05, 0.1) is 23.2 Å². The number of ether oxygens (including phenoxy) is 1. The summed E-state index contributed by atoms with van der Waals surface area (Å²) in [6.07, 6.45) is 0. The summed E-state index contributed by atoms with van der Waals surface area (Å²) in [5, 5.41) is 2.89. The number of aryl methyl sites for hydroxylation is 1. The van der Waals surface area contributed by atoms with E-state index in [0.29, 0.717) is 18.0 Å². The molecule has 0 spiro atoms. The van der Waals surface area contributed by atoms with Gasteiger partial charge in [-0.15, -0.1) is 0 Å². The standard InChI is InChI=1S/C25H28N2O4S/c1-4-31-24-13-9-8-12-23(24)27(32(29,30)22-16-14-19(2)15-17-22)18-25(28)26-20(3)21-10-6-5-7-11-21/h5-17,20H,4,18H2,1-3H3,(H,26,28)/t20-/m1/s1. The minimum atomic E-state index is -4.01. The number of amides is 1. The monoisotopic (exact) mass is 452 g/mol. The largest absolute Gasteiger partial charge is 0.492 e. The molecule has 0 radical (unpaired) electrons. The summed E-state index contributed by atoms with van der Waals surface area (Å²) in [4.78, 5) is 13.1. The summed E-state index contributed by atoms with van der Waals surface area (Å²) in [5.74, 6) is -0.0158. The topological polar surface area (TPSA) is 75.7 Å². The average molecular weight is 453 g/mol. The van der Waals surface area contributed by atoms with Crippen LogP contribution in [0.25, 0.3) is 0 Å². The van der Waals surface area contributed by atoms with Gasteiger partial charge in [-0.2, -0.15) is 0 Å². The lowest BCUT2D eigenvalue weighted by molar-refractivity contribution is -0.120. The average Bonchev–Trinajstić information content (AvgIpc) is 2.79. The number of anilines is 1.